The standard InChI is InChI=1S/C15H15NO3S/c1-3-11-8-9-20-14(11)15(18)19-13-6-4-12(5-7-13)16-10(2)17/h4-9H,3H2,1-2H3,(H,16,17). The monoisotopic (exact) mass is 289 g/mol. The average molecular weight is 289 g/mol. The quantitative estimate of drug-likeness (QED) is 0.692. The van der Waals surface area contributed by atoms with E-state index in [0.717, 1.165) is 12.0 Å². The Hall–Kier alpha value is -2.14. The lowest BCUT2D eigenvalue weighted by atomic mass is 10.2. The number of amides is 1. The highest BCUT2D eigenvalue weighted by Gasteiger charge is 2.14. The van der Waals surface area contributed by atoms with Crippen molar-refractivity contribution in [2.24, 2.45) is 0 Å². The van der Waals surface area contributed by atoms with E-state index in [1.807, 2.05) is 18.4 Å². The van der Waals surface area contributed by atoms with Gasteiger partial charge in [-0.1, -0.05) is 6.92 Å². The molecule has 1 amide bonds. The van der Waals surface area contributed by atoms with Gasteiger partial charge in [0.2, 0.25) is 5.91 Å². The molecule has 0 unspecified atom stereocenters. The number of carbonyl (C=O) groups excluding carboxylic acids is 2. The second-order valence-corrected chi connectivity index (χ2v) is 5.14. The second kappa shape index (κ2) is 6.34. The Labute approximate surface area is 121 Å². The van der Waals surface area contributed by atoms with Gasteiger partial charge in [0.1, 0.15) is 10.6 Å². The largest absolute Gasteiger partial charge is 0.422 e. The van der Waals surface area contributed by atoms with Crippen molar-refractivity contribution in [3.05, 3.63) is 46.2 Å². The molecule has 104 valence electrons. The summed E-state index contributed by atoms with van der Waals surface area (Å²) in [5, 5.41) is 4.54. The van der Waals surface area contributed by atoms with Gasteiger partial charge in [-0.2, -0.15) is 0 Å². The van der Waals surface area contributed by atoms with Crippen molar-refractivity contribution >= 4 is 28.9 Å². The van der Waals surface area contributed by atoms with Crippen LogP contribution in [0.2, 0.25) is 0 Å². The molecule has 0 saturated heterocycles. The van der Waals surface area contributed by atoms with E-state index in [9.17, 15) is 9.59 Å². The maximum Gasteiger partial charge on any atom is 0.353 e. The molecule has 5 heteroatoms. The van der Waals surface area contributed by atoms with Crippen LogP contribution in [-0.4, -0.2) is 11.9 Å². The summed E-state index contributed by atoms with van der Waals surface area (Å²) in [4.78, 5) is 23.6. The number of thiophene rings is 1. The van der Waals surface area contributed by atoms with E-state index in [1.54, 1.807) is 24.3 Å². The third-order valence-electron chi connectivity index (χ3n) is 2.70. The molecule has 0 atom stereocenters. The first-order chi connectivity index (χ1) is 9.60. The summed E-state index contributed by atoms with van der Waals surface area (Å²) >= 11 is 1.38. The Balaban J connectivity index is 2.06. The van der Waals surface area contributed by atoms with Crippen molar-refractivity contribution in [3.63, 3.8) is 0 Å². The number of carbonyl (C=O) groups is 2. The summed E-state index contributed by atoms with van der Waals surface area (Å²) in [7, 11) is 0. The number of hydrogen-bond donors (Lipinski definition) is 1. The van der Waals surface area contributed by atoms with E-state index in [0.29, 0.717) is 16.3 Å². The van der Waals surface area contributed by atoms with Crippen LogP contribution in [-0.2, 0) is 11.2 Å². The van der Waals surface area contributed by atoms with E-state index >= 15 is 0 Å². The molecule has 0 spiro atoms. The molecule has 2 rings (SSSR count). The zero-order valence-corrected chi connectivity index (χ0v) is 12.1. The molecule has 4 nitrogen and oxygen atoms in total. The number of anilines is 1. The van der Waals surface area contributed by atoms with Crippen molar-refractivity contribution in [1.82, 2.24) is 0 Å². The predicted octanol–water partition coefficient (Wildman–Crippen LogP) is 3.49. The minimum absolute atomic E-state index is 0.138. The van der Waals surface area contributed by atoms with Gasteiger partial charge in [0.05, 0.1) is 0 Å². The minimum Gasteiger partial charge on any atom is -0.422 e. The highest BCUT2D eigenvalue weighted by Crippen LogP contribution is 2.21. The molecule has 0 fully saturated rings. The van der Waals surface area contributed by atoms with Crippen LogP contribution < -0.4 is 10.1 Å². The fraction of sp³-hybridized carbons (Fsp3) is 0.200. The van der Waals surface area contributed by atoms with Crippen molar-refractivity contribution in [2.45, 2.75) is 20.3 Å². The number of benzene rings is 1. The molecule has 1 aromatic carbocycles. The van der Waals surface area contributed by atoms with Crippen LogP contribution in [0.25, 0.3) is 0 Å². The Morgan fingerprint density at radius 3 is 2.50 bits per heavy atom. The molecule has 1 aromatic heterocycles. The minimum atomic E-state index is -0.343. The normalized spacial score (nSPS) is 10.1. The van der Waals surface area contributed by atoms with Gasteiger partial charge in [-0.3, -0.25) is 4.79 Å². The zero-order valence-electron chi connectivity index (χ0n) is 11.3. The molecule has 0 bridgehead atoms. The Morgan fingerprint density at radius 2 is 1.90 bits per heavy atom. The molecule has 0 aliphatic carbocycles. The van der Waals surface area contributed by atoms with Gasteiger partial charge in [-0.05, 0) is 47.7 Å². The number of esters is 1. The lowest BCUT2D eigenvalue weighted by molar-refractivity contribution is -0.114. The fourth-order valence-electron chi connectivity index (χ4n) is 1.76. The molecule has 0 aliphatic rings. The SMILES string of the molecule is CCc1ccsc1C(=O)Oc1ccc(NC(C)=O)cc1. The Morgan fingerprint density at radius 1 is 1.20 bits per heavy atom. The predicted molar refractivity (Wildman–Crippen MR) is 79.4 cm³/mol. The van der Waals surface area contributed by atoms with Crippen molar-refractivity contribution in [1.29, 1.82) is 0 Å². The highest BCUT2D eigenvalue weighted by molar-refractivity contribution is 7.12. The maximum atomic E-state index is 12.0. The van der Waals surface area contributed by atoms with Gasteiger partial charge in [0.15, 0.2) is 0 Å². The highest BCUT2D eigenvalue weighted by atomic mass is 32.1. The van der Waals surface area contributed by atoms with Gasteiger partial charge < -0.3 is 10.1 Å². The number of hydrogen-bond acceptors (Lipinski definition) is 4. The molecular formula is C15H15NO3S. The smallest absolute Gasteiger partial charge is 0.353 e. The van der Waals surface area contributed by atoms with Crippen LogP contribution in [0.5, 0.6) is 5.75 Å². The van der Waals surface area contributed by atoms with Crippen LogP contribution in [0, 0.1) is 0 Å². The third kappa shape index (κ3) is 3.45. The lowest BCUT2D eigenvalue weighted by Crippen LogP contribution is -2.09. The molecule has 2 aromatic rings. The second-order valence-electron chi connectivity index (χ2n) is 4.22. The molecule has 0 saturated carbocycles. The first-order valence-electron chi connectivity index (χ1n) is 6.26. The summed E-state index contributed by atoms with van der Waals surface area (Å²) in [5.74, 6) is -0.0235. The van der Waals surface area contributed by atoms with E-state index in [4.69, 9.17) is 4.74 Å². The topological polar surface area (TPSA) is 55.4 Å². The summed E-state index contributed by atoms with van der Waals surface area (Å²) in [6.45, 7) is 3.44. The van der Waals surface area contributed by atoms with E-state index < -0.39 is 0 Å². The van der Waals surface area contributed by atoms with Gasteiger partial charge in [0, 0.05) is 12.6 Å². The maximum absolute atomic E-state index is 12.0. The molecule has 0 radical (unpaired) electrons. The summed E-state index contributed by atoms with van der Waals surface area (Å²) in [5.41, 5.74) is 1.66. The van der Waals surface area contributed by atoms with Crippen LogP contribution in [0.4, 0.5) is 5.69 Å². The number of nitrogens with one attached hydrogen (secondary N) is 1. The van der Waals surface area contributed by atoms with Gasteiger partial charge in [0.25, 0.3) is 0 Å². The number of rotatable bonds is 4. The first-order valence-corrected chi connectivity index (χ1v) is 7.14. The molecule has 20 heavy (non-hydrogen) atoms. The van der Waals surface area contributed by atoms with Gasteiger partial charge >= 0.3 is 5.97 Å². The Bertz CT molecular complexity index is 616. The number of aryl methyl sites for hydroxylation is 1. The van der Waals surface area contributed by atoms with Crippen molar-refractivity contribution in [2.75, 3.05) is 5.32 Å². The van der Waals surface area contributed by atoms with Crippen LogP contribution in [0.1, 0.15) is 29.1 Å². The van der Waals surface area contributed by atoms with Crippen LogP contribution in [0.3, 0.4) is 0 Å². The average Bonchev–Trinajstić information content (AvgIpc) is 2.89. The molecule has 0 aliphatic heterocycles. The van der Waals surface area contributed by atoms with Gasteiger partial charge in [-0.25, -0.2) is 4.79 Å². The molecule has 1 heterocycles. The van der Waals surface area contributed by atoms with E-state index in [2.05, 4.69) is 5.32 Å². The summed E-state index contributed by atoms with van der Waals surface area (Å²) in [6.07, 6.45) is 0.801. The summed E-state index contributed by atoms with van der Waals surface area (Å²) < 4.78 is 5.32. The first kappa shape index (κ1) is 14.3. The fourth-order valence-corrected chi connectivity index (χ4v) is 2.63. The van der Waals surface area contributed by atoms with E-state index in [1.165, 1.54) is 18.3 Å². The van der Waals surface area contributed by atoms with Crippen molar-refractivity contribution in [3.8, 4) is 5.75 Å². The van der Waals surface area contributed by atoms with E-state index in [-0.39, 0.29) is 11.9 Å². The van der Waals surface area contributed by atoms with Crippen LogP contribution in [0.15, 0.2) is 35.7 Å². The molecular weight excluding hydrogens is 274 g/mol. The molecule has 1 N–H and O–H groups in total. The zero-order chi connectivity index (χ0) is 14.5. The number of ether oxygens (including phenoxy) is 1. The summed E-state index contributed by atoms with van der Waals surface area (Å²) in [6, 6.07) is 8.63. The lowest BCUT2D eigenvalue weighted by Gasteiger charge is -2.06. The third-order valence-corrected chi connectivity index (χ3v) is 3.64. The van der Waals surface area contributed by atoms with Crippen LogP contribution >= 0.6 is 11.3 Å². The van der Waals surface area contributed by atoms with Crippen molar-refractivity contribution < 1.29 is 14.3 Å². The van der Waals surface area contributed by atoms with Gasteiger partial charge in [-0.15, -0.1) is 11.3 Å². The Kier molecular flexibility index (Phi) is 4.53.